The first-order valence-electron chi connectivity index (χ1n) is 5.63. The summed E-state index contributed by atoms with van der Waals surface area (Å²) < 4.78 is 15.2. The fourth-order valence-electron chi connectivity index (χ4n) is 2.39. The molecule has 2 aromatic rings. The number of aliphatic hydroxyl groups excluding tert-OH is 3. The Labute approximate surface area is 106 Å². The topological polar surface area (TPSA) is 130 Å². The molecule has 1 aliphatic carbocycles. The van der Waals surface area contributed by atoms with Crippen LogP contribution in [0.15, 0.2) is 12.7 Å². The zero-order valence-electron chi connectivity index (χ0n) is 9.63. The summed E-state index contributed by atoms with van der Waals surface area (Å²) >= 11 is 0. The number of alkyl halides is 1. The van der Waals surface area contributed by atoms with E-state index in [0.717, 1.165) is 0 Å². The van der Waals surface area contributed by atoms with Crippen molar-refractivity contribution in [2.24, 2.45) is 0 Å². The van der Waals surface area contributed by atoms with Gasteiger partial charge in [0.15, 0.2) is 17.6 Å². The molecule has 2 aromatic heterocycles. The molecule has 5 atom stereocenters. The monoisotopic (exact) mass is 269 g/mol. The lowest BCUT2D eigenvalue weighted by Crippen LogP contribution is -2.31. The number of aliphatic hydroxyl groups is 3. The van der Waals surface area contributed by atoms with Crippen molar-refractivity contribution in [3.63, 3.8) is 0 Å². The minimum Gasteiger partial charge on any atom is -0.388 e. The zero-order valence-corrected chi connectivity index (χ0v) is 9.63. The molecule has 5 N–H and O–H groups in total. The molecule has 1 saturated carbocycles. The number of rotatable bonds is 1. The molecule has 3 rings (SSSR count). The Morgan fingerprint density at radius 2 is 1.84 bits per heavy atom. The van der Waals surface area contributed by atoms with Crippen LogP contribution in [-0.2, 0) is 0 Å². The predicted octanol–water partition coefficient (Wildman–Crippen LogP) is -1.62. The maximum absolute atomic E-state index is 14.0. The van der Waals surface area contributed by atoms with Crippen LogP contribution in [0.1, 0.15) is 6.04 Å². The highest BCUT2D eigenvalue weighted by Crippen LogP contribution is 2.35. The van der Waals surface area contributed by atoms with Crippen LogP contribution in [-0.4, -0.2) is 59.3 Å². The van der Waals surface area contributed by atoms with E-state index < -0.39 is 30.5 Å². The summed E-state index contributed by atoms with van der Waals surface area (Å²) in [4.78, 5) is 11.6. The fourth-order valence-corrected chi connectivity index (χ4v) is 2.39. The van der Waals surface area contributed by atoms with Gasteiger partial charge in [0.2, 0.25) is 0 Å². The molecule has 19 heavy (non-hydrogen) atoms. The summed E-state index contributed by atoms with van der Waals surface area (Å²) in [6.45, 7) is 0. The summed E-state index contributed by atoms with van der Waals surface area (Å²) in [5, 5.41) is 28.8. The van der Waals surface area contributed by atoms with Gasteiger partial charge in [0, 0.05) is 0 Å². The first-order chi connectivity index (χ1) is 9.02. The number of nitrogens with two attached hydrogens (primary N) is 1. The number of imidazole rings is 1. The molecule has 0 aliphatic heterocycles. The summed E-state index contributed by atoms with van der Waals surface area (Å²) in [5.74, 6) is 0.132. The van der Waals surface area contributed by atoms with Gasteiger partial charge in [-0.1, -0.05) is 0 Å². The van der Waals surface area contributed by atoms with Crippen molar-refractivity contribution in [3.8, 4) is 0 Å². The van der Waals surface area contributed by atoms with Crippen LogP contribution in [0.25, 0.3) is 11.2 Å². The van der Waals surface area contributed by atoms with Crippen LogP contribution in [0, 0.1) is 0 Å². The molecule has 8 nitrogen and oxygen atoms in total. The van der Waals surface area contributed by atoms with Gasteiger partial charge in [-0.25, -0.2) is 19.3 Å². The van der Waals surface area contributed by atoms with Crippen molar-refractivity contribution in [1.29, 1.82) is 0 Å². The van der Waals surface area contributed by atoms with E-state index in [1.807, 2.05) is 0 Å². The van der Waals surface area contributed by atoms with Crippen LogP contribution in [0.2, 0.25) is 0 Å². The lowest BCUT2D eigenvalue weighted by atomic mass is 10.2. The minimum absolute atomic E-state index is 0.132. The maximum atomic E-state index is 14.0. The quantitative estimate of drug-likeness (QED) is 0.489. The van der Waals surface area contributed by atoms with E-state index in [9.17, 15) is 19.7 Å². The van der Waals surface area contributed by atoms with Crippen molar-refractivity contribution in [2.75, 3.05) is 5.73 Å². The van der Waals surface area contributed by atoms with Crippen molar-refractivity contribution in [2.45, 2.75) is 30.5 Å². The lowest BCUT2D eigenvalue weighted by molar-refractivity contribution is -0.0309. The van der Waals surface area contributed by atoms with Crippen LogP contribution in [0.4, 0.5) is 10.2 Å². The SMILES string of the molecule is Nc1ncnc2c1ncn2[C@@H]1[C@@H](O)[C@@H](O)[C@H](O)[C@@H]1F. The normalized spacial score (nSPS) is 35.1. The number of halogens is 1. The van der Waals surface area contributed by atoms with Crippen LogP contribution >= 0.6 is 0 Å². The molecular weight excluding hydrogens is 257 g/mol. The van der Waals surface area contributed by atoms with Gasteiger partial charge < -0.3 is 25.6 Å². The number of hydrogen-bond donors (Lipinski definition) is 4. The molecule has 102 valence electrons. The van der Waals surface area contributed by atoms with Crippen molar-refractivity contribution >= 4 is 17.0 Å². The van der Waals surface area contributed by atoms with Crippen LogP contribution in [0.5, 0.6) is 0 Å². The molecule has 0 amide bonds. The average molecular weight is 269 g/mol. The van der Waals surface area contributed by atoms with Gasteiger partial charge in [0.05, 0.1) is 12.4 Å². The molecule has 0 aromatic carbocycles. The second kappa shape index (κ2) is 4.08. The molecule has 0 bridgehead atoms. The lowest BCUT2D eigenvalue weighted by Gasteiger charge is -2.19. The molecule has 1 fully saturated rings. The Morgan fingerprint density at radius 1 is 1.11 bits per heavy atom. The number of fused-ring (bicyclic) bond motifs is 1. The minimum atomic E-state index is -1.83. The zero-order chi connectivity index (χ0) is 13.7. The average Bonchev–Trinajstić information content (AvgIpc) is 2.89. The van der Waals surface area contributed by atoms with E-state index in [-0.39, 0.29) is 17.0 Å². The second-order valence-electron chi connectivity index (χ2n) is 4.49. The standard InChI is InChI=1S/C10H12FN5O3/c11-3-5(7(18)8(19)6(3)17)16-2-15-4-9(12)13-1-14-10(4)16/h1-3,5-8,17-19H,(H2,12,13,14)/t3-,5+,6-,7-,8+/m1/s1. The van der Waals surface area contributed by atoms with E-state index in [0.29, 0.717) is 0 Å². The number of anilines is 1. The van der Waals surface area contributed by atoms with Gasteiger partial charge in [0.1, 0.15) is 30.2 Å². The fraction of sp³-hybridized carbons (Fsp3) is 0.500. The van der Waals surface area contributed by atoms with Gasteiger partial charge in [-0.2, -0.15) is 0 Å². The van der Waals surface area contributed by atoms with Crippen molar-refractivity contribution in [3.05, 3.63) is 12.7 Å². The smallest absolute Gasteiger partial charge is 0.165 e. The Bertz CT molecular complexity index is 606. The van der Waals surface area contributed by atoms with Gasteiger partial charge in [-0.15, -0.1) is 0 Å². The van der Waals surface area contributed by atoms with Gasteiger partial charge in [-0.05, 0) is 0 Å². The number of nitrogen functional groups attached to an aromatic ring is 1. The first kappa shape index (κ1) is 12.2. The summed E-state index contributed by atoms with van der Waals surface area (Å²) in [6, 6.07) is -1.18. The summed E-state index contributed by atoms with van der Waals surface area (Å²) in [5.41, 5.74) is 6.12. The molecule has 9 heteroatoms. The van der Waals surface area contributed by atoms with Crippen LogP contribution in [0.3, 0.4) is 0 Å². The third-order valence-corrected chi connectivity index (χ3v) is 3.41. The third kappa shape index (κ3) is 1.59. The highest BCUT2D eigenvalue weighted by atomic mass is 19.1. The van der Waals surface area contributed by atoms with E-state index in [1.54, 1.807) is 0 Å². The molecule has 1 aliphatic rings. The van der Waals surface area contributed by atoms with Gasteiger partial charge in [0.25, 0.3) is 0 Å². The van der Waals surface area contributed by atoms with E-state index in [2.05, 4.69) is 15.0 Å². The van der Waals surface area contributed by atoms with E-state index >= 15 is 0 Å². The highest BCUT2D eigenvalue weighted by molar-refractivity contribution is 5.81. The molecule has 0 spiro atoms. The number of nitrogens with zero attached hydrogens (tertiary/aromatic N) is 4. The Hall–Kier alpha value is -1.84. The molecular formula is C10H12FN5O3. The summed E-state index contributed by atoms with van der Waals surface area (Å²) in [7, 11) is 0. The van der Waals surface area contributed by atoms with E-state index in [4.69, 9.17) is 5.73 Å². The van der Waals surface area contributed by atoms with Crippen molar-refractivity contribution < 1.29 is 19.7 Å². The first-order valence-corrected chi connectivity index (χ1v) is 5.63. The number of hydrogen-bond acceptors (Lipinski definition) is 7. The third-order valence-electron chi connectivity index (χ3n) is 3.41. The summed E-state index contributed by atoms with van der Waals surface area (Å²) in [6.07, 6.45) is -4.07. The number of aromatic nitrogens is 4. The van der Waals surface area contributed by atoms with Crippen LogP contribution < -0.4 is 5.73 Å². The predicted molar refractivity (Wildman–Crippen MR) is 61.7 cm³/mol. The van der Waals surface area contributed by atoms with Gasteiger partial charge in [-0.3, -0.25) is 0 Å². The Kier molecular flexibility index (Phi) is 2.62. The second-order valence-corrected chi connectivity index (χ2v) is 4.49. The molecule has 0 saturated heterocycles. The Morgan fingerprint density at radius 3 is 2.47 bits per heavy atom. The van der Waals surface area contributed by atoms with Gasteiger partial charge >= 0.3 is 0 Å². The largest absolute Gasteiger partial charge is 0.388 e. The highest BCUT2D eigenvalue weighted by Gasteiger charge is 2.50. The van der Waals surface area contributed by atoms with E-state index in [1.165, 1.54) is 17.2 Å². The maximum Gasteiger partial charge on any atom is 0.165 e. The molecule has 0 radical (unpaired) electrons. The molecule has 0 unspecified atom stereocenters. The Balaban J connectivity index is 2.12. The van der Waals surface area contributed by atoms with Crippen molar-refractivity contribution in [1.82, 2.24) is 19.5 Å². The molecule has 2 heterocycles.